The number of halogens is 1. The normalized spacial score (nSPS) is 13.4. The second kappa shape index (κ2) is 8.14. The summed E-state index contributed by atoms with van der Waals surface area (Å²) in [5.74, 6) is 0.124. The van der Waals surface area contributed by atoms with Gasteiger partial charge in [-0.15, -0.1) is 0 Å². The second-order valence-corrected chi connectivity index (χ2v) is 6.58. The third kappa shape index (κ3) is 4.26. The van der Waals surface area contributed by atoms with Crippen LogP contribution in [0.2, 0.25) is 0 Å². The number of carbonyl (C=O) groups excluding carboxylic acids is 2. The summed E-state index contributed by atoms with van der Waals surface area (Å²) in [7, 11) is 0. The summed E-state index contributed by atoms with van der Waals surface area (Å²) in [4.78, 5) is 29.6. The third-order valence-electron chi connectivity index (χ3n) is 4.58. The molecule has 0 unspecified atom stereocenters. The summed E-state index contributed by atoms with van der Waals surface area (Å²) in [5.41, 5.74) is 1.75. The van der Waals surface area contributed by atoms with E-state index in [0.717, 1.165) is 5.69 Å². The molecule has 1 aliphatic rings. The summed E-state index contributed by atoms with van der Waals surface area (Å²) in [6.07, 6.45) is 1.93. The van der Waals surface area contributed by atoms with Gasteiger partial charge in [-0.3, -0.25) is 9.69 Å². The number of oxazole rings is 1. The first-order chi connectivity index (χ1) is 14.1. The Hall–Kier alpha value is -3.68. The van der Waals surface area contributed by atoms with E-state index in [-0.39, 0.29) is 24.2 Å². The summed E-state index contributed by atoms with van der Waals surface area (Å²) in [5, 5.41) is 5.55. The average molecular weight is 394 g/mol. The number of aryl methyl sites for hydroxylation is 1. The molecule has 2 heterocycles. The van der Waals surface area contributed by atoms with Gasteiger partial charge < -0.3 is 15.1 Å². The van der Waals surface area contributed by atoms with Gasteiger partial charge in [0.1, 0.15) is 5.82 Å². The van der Waals surface area contributed by atoms with E-state index < -0.39 is 0 Å². The van der Waals surface area contributed by atoms with Gasteiger partial charge in [0.05, 0.1) is 11.8 Å². The fraction of sp³-hybridized carbons (Fsp3) is 0.190. The number of hydrogen-bond donors (Lipinski definition) is 2. The summed E-state index contributed by atoms with van der Waals surface area (Å²) in [6.45, 7) is 1.24. The third-order valence-corrected chi connectivity index (χ3v) is 4.58. The Bertz CT molecular complexity index is 1030. The number of amides is 3. The molecule has 1 aliphatic heterocycles. The van der Waals surface area contributed by atoms with Crippen LogP contribution in [0.4, 0.5) is 20.6 Å². The minimum Gasteiger partial charge on any atom is -0.441 e. The van der Waals surface area contributed by atoms with Crippen molar-refractivity contribution in [3.05, 3.63) is 66.4 Å². The zero-order chi connectivity index (χ0) is 20.2. The molecule has 1 saturated heterocycles. The molecule has 4 rings (SSSR count). The smallest absolute Gasteiger partial charge is 0.321 e. The molecule has 1 fully saturated rings. The average Bonchev–Trinajstić information content (AvgIpc) is 3.36. The Morgan fingerprint density at radius 1 is 1.21 bits per heavy atom. The van der Waals surface area contributed by atoms with Crippen LogP contribution in [0, 0.1) is 5.82 Å². The zero-order valence-electron chi connectivity index (χ0n) is 15.5. The molecule has 8 heteroatoms. The highest BCUT2D eigenvalue weighted by molar-refractivity contribution is 5.95. The van der Waals surface area contributed by atoms with Crippen LogP contribution in [0.5, 0.6) is 0 Å². The van der Waals surface area contributed by atoms with Crippen molar-refractivity contribution in [2.75, 3.05) is 23.3 Å². The number of nitrogens with one attached hydrogen (secondary N) is 2. The molecule has 0 aliphatic carbocycles. The van der Waals surface area contributed by atoms with Gasteiger partial charge in [-0.05, 0) is 36.4 Å². The molecule has 0 radical (unpaired) electrons. The van der Waals surface area contributed by atoms with Crippen LogP contribution < -0.4 is 15.5 Å². The van der Waals surface area contributed by atoms with E-state index in [1.165, 1.54) is 12.3 Å². The Kier molecular flexibility index (Phi) is 5.24. The van der Waals surface area contributed by atoms with Crippen molar-refractivity contribution >= 4 is 23.3 Å². The molecule has 3 amide bonds. The SMILES string of the molecule is O=C(CCc1ncc(-c2ccccc2F)o1)Nc1ccc(N2CCNC2=O)cc1. The Morgan fingerprint density at radius 3 is 2.72 bits per heavy atom. The number of anilines is 2. The highest BCUT2D eigenvalue weighted by Gasteiger charge is 2.20. The van der Waals surface area contributed by atoms with Crippen LogP contribution in [-0.2, 0) is 11.2 Å². The van der Waals surface area contributed by atoms with E-state index in [4.69, 9.17) is 4.42 Å². The van der Waals surface area contributed by atoms with E-state index >= 15 is 0 Å². The van der Waals surface area contributed by atoms with Gasteiger partial charge in [0.25, 0.3) is 0 Å². The molecule has 0 bridgehead atoms. The first-order valence-corrected chi connectivity index (χ1v) is 9.25. The van der Waals surface area contributed by atoms with Crippen LogP contribution in [0.1, 0.15) is 12.3 Å². The fourth-order valence-electron chi connectivity index (χ4n) is 3.10. The quantitative estimate of drug-likeness (QED) is 0.669. The topological polar surface area (TPSA) is 87.5 Å². The van der Waals surface area contributed by atoms with Crippen molar-refractivity contribution in [1.29, 1.82) is 0 Å². The highest BCUT2D eigenvalue weighted by Crippen LogP contribution is 2.24. The fourth-order valence-corrected chi connectivity index (χ4v) is 3.10. The number of carbonyl (C=O) groups is 2. The van der Waals surface area contributed by atoms with Crippen LogP contribution >= 0.6 is 0 Å². The zero-order valence-corrected chi connectivity index (χ0v) is 15.5. The van der Waals surface area contributed by atoms with Crippen molar-refractivity contribution in [2.24, 2.45) is 0 Å². The lowest BCUT2D eigenvalue weighted by Gasteiger charge is -2.14. The predicted octanol–water partition coefficient (Wildman–Crippen LogP) is 3.58. The van der Waals surface area contributed by atoms with E-state index in [1.807, 2.05) is 0 Å². The Balaban J connectivity index is 1.31. The minimum absolute atomic E-state index is 0.123. The number of rotatable bonds is 6. The van der Waals surface area contributed by atoms with Gasteiger partial charge in [0.15, 0.2) is 11.7 Å². The predicted molar refractivity (Wildman–Crippen MR) is 106 cm³/mol. The summed E-state index contributed by atoms with van der Waals surface area (Å²) in [6, 6.07) is 13.2. The second-order valence-electron chi connectivity index (χ2n) is 6.58. The van der Waals surface area contributed by atoms with Gasteiger partial charge >= 0.3 is 6.03 Å². The van der Waals surface area contributed by atoms with Crippen LogP contribution in [0.25, 0.3) is 11.3 Å². The molecule has 0 spiro atoms. The van der Waals surface area contributed by atoms with Crippen molar-refractivity contribution < 1.29 is 18.4 Å². The monoisotopic (exact) mass is 394 g/mol. The van der Waals surface area contributed by atoms with Crippen molar-refractivity contribution in [1.82, 2.24) is 10.3 Å². The number of benzene rings is 2. The van der Waals surface area contributed by atoms with Crippen molar-refractivity contribution in [2.45, 2.75) is 12.8 Å². The number of hydrogen-bond acceptors (Lipinski definition) is 4. The van der Waals surface area contributed by atoms with Gasteiger partial charge in [-0.25, -0.2) is 14.2 Å². The van der Waals surface area contributed by atoms with E-state index in [9.17, 15) is 14.0 Å². The maximum atomic E-state index is 13.8. The first kappa shape index (κ1) is 18.7. The lowest BCUT2D eigenvalue weighted by Crippen LogP contribution is -2.27. The maximum absolute atomic E-state index is 13.8. The van der Waals surface area contributed by atoms with E-state index in [0.29, 0.717) is 42.4 Å². The van der Waals surface area contributed by atoms with Crippen LogP contribution in [0.15, 0.2) is 59.1 Å². The molecule has 1 aromatic heterocycles. The van der Waals surface area contributed by atoms with Crippen molar-refractivity contribution in [3.63, 3.8) is 0 Å². The summed E-state index contributed by atoms with van der Waals surface area (Å²) >= 11 is 0. The Morgan fingerprint density at radius 2 is 2.00 bits per heavy atom. The van der Waals surface area contributed by atoms with Crippen LogP contribution in [-0.4, -0.2) is 30.0 Å². The largest absolute Gasteiger partial charge is 0.441 e. The maximum Gasteiger partial charge on any atom is 0.321 e. The van der Waals surface area contributed by atoms with E-state index in [1.54, 1.807) is 47.4 Å². The lowest BCUT2D eigenvalue weighted by molar-refractivity contribution is -0.116. The molecular weight excluding hydrogens is 375 g/mol. The molecule has 148 valence electrons. The Labute approximate surface area is 166 Å². The minimum atomic E-state index is -0.386. The van der Waals surface area contributed by atoms with Gasteiger partial charge in [0.2, 0.25) is 5.91 Å². The number of aromatic nitrogens is 1. The number of urea groups is 1. The van der Waals surface area contributed by atoms with Crippen LogP contribution in [0.3, 0.4) is 0 Å². The van der Waals surface area contributed by atoms with Gasteiger partial charge in [-0.2, -0.15) is 0 Å². The van der Waals surface area contributed by atoms with Gasteiger partial charge in [0, 0.05) is 37.3 Å². The molecule has 0 atom stereocenters. The lowest BCUT2D eigenvalue weighted by atomic mass is 10.2. The molecule has 2 N–H and O–H groups in total. The van der Waals surface area contributed by atoms with Gasteiger partial charge in [-0.1, -0.05) is 12.1 Å². The first-order valence-electron chi connectivity index (χ1n) is 9.25. The molecule has 0 saturated carbocycles. The molecular formula is C21H19FN4O3. The van der Waals surface area contributed by atoms with Crippen molar-refractivity contribution in [3.8, 4) is 11.3 Å². The standard InChI is InChI=1S/C21H19FN4O3/c22-17-4-2-1-3-16(17)18-13-24-20(29-18)10-9-19(27)25-14-5-7-15(8-6-14)26-12-11-23-21(26)28/h1-8,13H,9-12H2,(H,23,28)(H,25,27). The molecule has 29 heavy (non-hydrogen) atoms. The highest BCUT2D eigenvalue weighted by atomic mass is 19.1. The molecule has 7 nitrogen and oxygen atoms in total. The van der Waals surface area contributed by atoms with E-state index in [2.05, 4.69) is 15.6 Å². The number of nitrogens with zero attached hydrogens (tertiary/aromatic N) is 2. The molecule has 3 aromatic rings. The molecule has 2 aromatic carbocycles. The summed E-state index contributed by atoms with van der Waals surface area (Å²) < 4.78 is 19.4.